The van der Waals surface area contributed by atoms with Crippen LogP contribution in [0.1, 0.15) is 29.2 Å². The van der Waals surface area contributed by atoms with Crippen molar-refractivity contribution in [1.29, 1.82) is 0 Å². The van der Waals surface area contributed by atoms with E-state index in [-0.39, 0.29) is 11.2 Å². The van der Waals surface area contributed by atoms with Crippen molar-refractivity contribution in [3.63, 3.8) is 0 Å². The monoisotopic (exact) mass is 430 g/mol. The number of rotatable bonds is 5. The van der Waals surface area contributed by atoms with Gasteiger partial charge in [0.15, 0.2) is 0 Å². The molecule has 0 bridgehead atoms. The van der Waals surface area contributed by atoms with Crippen LogP contribution in [0.25, 0.3) is 16.0 Å². The van der Waals surface area contributed by atoms with Crippen LogP contribution < -0.4 is 11.2 Å². The highest BCUT2D eigenvalue weighted by molar-refractivity contribution is 7.17. The minimum atomic E-state index is -0.241. The van der Waals surface area contributed by atoms with E-state index in [1.807, 2.05) is 54.8 Å². The van der Waals surface area contributed by atoms with Crippen molar-refractivity contribution in [2.24, 2.45) is 0 Å². The van der Waals surface area contributed by atoms with Gasteiger partial charge in [0.05, 0.1) is 18.6 Å². The van der Waals surface area contributed by atoms with Crippen molar-refractivity contribution in [2.45, 2.75) is 33.4 Å². The molecule has 31 heavy (non-hydrogen) atoms. The van der Waals surface area contributed by atoms with Crippen LogP contribution in [0.2, 0.25) is 0 Å². The molecule has 0 unspecified atom stereocenters. The molecule has 5 aromatic rings. The number of nitrogens with zero attached hydrogens (tertiary/aromatic N) is 4. The van der Waals surface area contributed by atoms with E-state index in [0.717, 1.165) is 23.1 Å². The number of hydrogen-bond donors (Lipinski definition) is 0. The first-order valence-electron chi connectivity index (χ1n) is 10.3. The molecular weight excluding hydrogens is 408 g/mol. The van der Waals surface area contributed by atoms with E-state index in [9.17, 15) is 9.59 Å². The first kappa shape index (κ1) is 19.5. The fraction of sp³-hybridized carbons (Fsp3) is 0.208. The van der Waals surface area contributed by atoms with Crippen LogP contribution in [0.4, 0.5) is 0 Å². The topological polar surface area (TPSA) is 61.3 Å². The van der Waals surface area contributed by atoms with E-state index in [4.69, 9.17) is 0 Å². The summed E-state index contributed by atoms with van der Waals surface area (Å²) in [6.45, 7) is 4.85. The highest BCUT2D eigenvalue weighted by atomic mass is 32.1. The van der Waals surface area contributed by atoms with Crippen LogP contribution in [-0.4, -0.2) is 18.7 Å². The van der Waals surface area contributed by atoms with Gasteiger partial charge in [0.1, 0.15) is 4.70 Å². The predicted molar refractivity (Wildman–Crippen MR) is 124 cm³/mol. The maximum atomic E-state index is 13.3. The van der Waals surface area contributed by atoms with Gasteiger partial charge in [-0.3, -0.25) is 9.36 Å². The first-order chi connectivity index (χ1) is 15.0. The third-order valence-electron chi connectivity index (χ3n) is 5.58. The number of thiophene rings is 1. The normalized spacial score (nSPS) is 11.5. The fourth-order valence-corrected chi connectivity index (χ4v) is 4.75. The van der Waals surface area contributed by atoms with E-state index in [1.54, 1.807) is 8.97 Å². The Morgan fingerprint density at radius 1 is 0.935 bits per heavy atom. The zero-order chi connectivity index (χ0) is 21.5. The van der Waals surface area contributed by atoms with E-state index in [0.29, 0.717) is 29.1 Å². The summed E-state index contributed by atoms with van der Waals surface area (Å²) in [4.78, 5) is 26.5. The Labute approximate surface area is 182 Å². The molecule has 0 aliphatic heterocycles. The average molecular weight is 431 g/mol. The minimum Gasteiger partial charge on any atom is -0.271 e. The lowest BCUT2D eigenvalue weighted by Gasteiger charge is -2.08. The summed E-state index contributed by atoms with van der Waals surface area (Å²) in [6.07, 6.45) is 0.963. The van der Waals surface area contributed by atoms with Gasteiger partial charge in [0.2, 0.25) is 5.78 Å². The number of aryl methyl sites for hydroxylation is 2. The quantitative estimate of drug-likeness (QED) is 0.426. The van der Waals surface area contributed by atoms with Gasteiger partial charge in [0, 0.05) is 0 Å². The largest absolute Gasteiger partial charge is 0.352 e. The van der Waals surface area contributed by atoms with Crippen LogP contribution in [0, 0.1) is 6.92 Å². The number of aromatic nitrogens is 4. The molecule has 156 valence electrons. The zero-order valence-corrected chi connectivity index (χ0v) is 18.2. The second-order valence-corrected chi connectivity index (χ2v) is 8.68. The summed E-state index contributed by atoms with van der Waals surface area (Å²) in [5.74, 6) is 0.369. The maximum absolute atomic E-state index is 13.3. The summed E-state index contributed by atoms with van der Waals surface area (Å²) in [6, 6.07) is 18.0. The lowest BCUT2D eigenvalue weighted by atomic mass is 10.1. The molecule has 6 nitrogen and oxygen atoms in total. The molecule has 3 heterocycles. The summed E-state index contributed by atoms with van der Waals surface area (Å²) < 4.78 is 5.17. The third kappa shape index (κ3) is 3.41. The first-order valence-corrected chi connectivity index (χ1v) is 11.2. The Morgan fingerprint density at radius 3 is 2.45 bits per heavy atom. The SMILES string of the molecule is CCc1ccc(Cn2c(=O)c3sccc3n3c(=O)n(Cc4cccc(C)c4)nc23)cc1. The molecule has 0 aliphatic rings. The molecule has 0 atom stereocenters. The van der Waals surface area contributed by atoms with Crippen LogP contribution in [-0.2, 0) is 19.5 Å². The highest BCUT2D eigenvalue weighted by Crippen LogP contribution is 2.18. The summed E-state index contributed by atoms with van der Waals surface area (Å²) in [5, 5.41) is 6.44. The number of fused-ring (bicyclic) bond motifs is 3. The van der Waals surface area contributed by atoms with Gasteiger partial charge in [-0.25, -0.2) is 13.9 Å². The van der Waals surface area contributed by atoms with Gasteiger partial charge in [0.25, 0.3) is 5.56 Å². The van der Waals surface area contributed by atoms with E-state index in [1.165, 1.54) is 21.6 Å². The standard InChI is InChI=1S/C24H22N4O2S/c1-3-17-7-9-18(10-8-17)14-26-22(29)21-20(11-12-31-21)28-23(26)25-27(24(28)30)15-19-6-4-5-16(2)13-19/h4-13H,3,14-15H2,1-2H3. The fourth-order valence-electron chi connectivity index (χ4n) is 3.93. The van der Waals surface area contributed by atoms with Crippen molar-refractivity contribution in [2.75, 3.05) is 0 Å². The zero-order valence-electron chi connectivity index (χ0n) is 17.4. The lowest BCUT2D eigenvalue weighted by molar-refractivity contribution is 0.654. The van der Waals surface area contributed by atoms with E-state index in [2.05, 4.69) is 24.2 Å². The van der Waals surface area contributed by atoms with Crippen LogP contribution in [0.3, 0.4) is 0 Å². The Bertz CT molecular complexity index is 1520. The van der Waals surface area contributed by atoms with E-state index >= 15 is 0 Å². The molecule has 0 aliphatic carbocycles. The van der Waals surface area contributed by atoms with Gasteiger partial charge < -0.3 is 0 Å². The average Bonchev–Trinajstić information content (AvgIpc) is 3.37. The Morgan fingerprint density at radius 2 is 1.71 bits per heavy atom. The number of benzene rings is 2. The predicted octanol–water partition coefficient (Wildman–Crippen LogP) is 3.84. The summed E-state index contributed by atoms with van der Waals surface area (Å²) >= 11 is 1.35. The van der Waals surface area contributed by atoms with Crippen LogP contribution in [0.15, 0.2) is 69.6 Å². The Hall–Kier alpha value is -3.45. The van der Waals surface area contributed by atoms with Crippen molar-refractivity contribution in [3.8, 4) is 0 Å². The maximum Gasteiger partial charge on any atom is 0.352 e. The second kappa shape index (κ2) is 7.67. The Balaban J connectivity index is 1.69. The van der Waals surface area contributed by atoms with Crippen molar-refractivity contribution >= 4 is 27.3 Å². The molecule has 0 fully saturated rings. The van der Waals surface area contributed by atoms with Crippen molar-refractivity contribution in [1.82, 2.24) is 18.7 Å². The van der Waals surface area contributed by atoms with Crippen molar-refractivity contribution in [3.05, 3.63) is 103 Å². The van der Waals surface area contributed by atoms with Crippen molar-refractivity contribution < 1.29 is 0 Å². The molecule has 0 radical (unpaired) electrons. The molecule has 3 aromatic heterocycles. The Kier molecular flexibility index (Phi) is 4.82. The molecular formula is C24H22N4O2S. The van der Waals surface area contributed by atoms with Crippen LogP contribution >= 0.6 is 11.3 Å². The smallest absolute Gasteiger partial charge is 0.271 e. The van der Waals surface area contributed by atoms with Gasteiger partial charge in [-0.05, 0) is 41.5 Å². The summed E-state index contributed by atoms with van der Waals surface area (Å²) in [5.41, 5.74) is 4.62. The van der Waals surface area contributed by atoms with E-state index < -0.39 is 0 Å². The number of hydrogen-bond acceptors (Lipinski definition) is 4. The van der Waals surface area contributed by atoms with Gasteiger partial charge >= 0.3 is 5.69 Å². The molecule has 2 aromatic carbocycles. The minimum absolute atomic E-state index is 0.121. The molecule has 0 N–H and O–H groups in total. The molecule has 7 heteroatoms. The highest BCUT2D eigenvalue weighted by Gasteiger charge is 2.18. The summed E-state index contributed by atoms with van der Waals surface area (Å²) in [7, 11) is 0. The third-order valence-corrected chi connectivity index (χ3v) is 6.47. The lowest BCUT2D eigenvalue weighted by Crippen LogP contribution is -2.26. The van der Waals surface area contributed by atoms with Gasteiger partial charge in [-0.1, -0.05) is 61.0 Å². The van der Waals surface area contributed by atoms with Gasteiger partial charge in [-0.2, -0.15) is 0 Å². The molecule has 0 saturated carbocycles. The second-order valence-electron chi connectivity index (χ2n) is 7.76. The molecule has 0 amide bonds. The molecule has 0 spiro atoms. The van der Waals surface area contributed by atoms with Crippen LogP contribution in [0.5, 0.6) is 0 Å². The molecule has 5 rings (SSSR count). The molecule has 0 saturated heterocycles. The van der Waals surface area contributed by atoms with Gasteiger partial charge in [-0.15, -0.1) is 16.4 Å².